The monoisotopic (exact) mass is 261 g/mol. The summed E-state index contributed by atoms with van der Waals surface area (Å²) in [5.74, 6) is 5.04. The van der Waals surface area contributed by atoms with Crippen molar-refractivity contribution < 1.29 is 0 Å². The first-order valence-electron chi connectivity index (χ1n) is 7.22. The van der Waals surface area contributed by atoms with E-state index < -0.39 is 0 Å². The fourth-order valence-electron chi connectivity index (χ4n) is 5.09. The van der Waals surface area contributed by atoms with E-state index >= 15 is 0 Å². The maximum atomic E-state index is 5.99. The average molecular weight is 262 g/mol. The summed E-state index contributed by atoms with van der Waals surface area (Å²) in [4.78, 5) is 0. The first kappa shape index (κ1) is 11.3. The lowest BCUT2D eigenvalue weighted by atomic mass is 9.93. The molecule has 0 spiro atoms. The van der Waals surface area contributed by atoms with Crippen LogP contribution in [0.25, 0.3) is 0 Å². The normalized spacial score (nSPS) is 41.8. The van der Waals surface area contributed by atoms with Crippen molar-refractivity contribution in [2.75, 3.05) is 7.05 Å². The third-order valence-electron chi connectivity index (χ3n) is 5.72. The molecule has 1 nitrogen and oxygen atoms in total. The molecule has 4 rings (SSSR count). The average Bonchev–Trinajstić information content (AvgIpc) is 2.81. The van der Waals surface area contributed by atoms with Gasteiger partial charge < -0.3 is 5.32 Å². The van der Waals surface area contributed by atoms with Crippen LogP contribution in [0.4, 0.5) is 0 Å². The van der Waals surface area contributed by atoms with E-state index in [0.29, 0.717) is 6.04 Å². The van der Waals surface area contributed by atoms with Gasteiger partial charge in [-0.1, -0.05) is 23.7 Å². The highest BCUT2D eigenvalue weighted by molar-refractivity contribution is 6.30. The van der Waals surface area contributed by atoms with Gasteiger partial charge in [0, 0.05) is 11.1 Å². The molecule has 0 saturated heterocycles. The van der Waals surface area contributed by atoms with Crippen LogP contribution in [0.3, 0.4) is 0 Å². The molecular weight excluding hydrogens is 242 g/mol. The zero-order valence-corrected chi connectivity index (χ0v) is 11.5. The van der Waals surface area contributed by atoms with Crippen molar-refractivity contribution >= 4 is 11.6 Å². The Hall–Kier alpha value is -0.530. The molecule has 18 heavy (non-hydrogen) atoms. The van der Waals surface area contributed by atoms with Crippen LogP contribution in [0, 0.1) is 29.6 Å². The molecule has 1 aromatic carbocycles. The summed E-state index contributed by atoms with van der Waals surface area (Å²) in [6, 6.07) is 8.97. The molecule has 1 aromatic rings. The van der Waals surface area contributed by atoms with Gasteiger partial charge in [-0.2, -0.15) is 0 Å². The number of fused-ring (bicyclic) bond motifs is 5. The number of rotatable bonds is 3. The van der Waals surface area contributed by atoms with E-state index in [0.717, 1.165) is 34.6 Å². The Morgan fingerprint density at radius 3 is 2.28 bits per heavy atom. The van der Waals surface area contributed by atoms with Crippen molar-refractivity contribution in [2.24, 2.45) is 29.6 Å². The smallest absolute Gasteiger partial charge is 0.0406 e. The van der Waals surface area contributed by atoms with Crippen LogP contribution in [0.2, 0.25) is 5.02 Å². The van der Waals surface area contributed by atoms with Crippen molar-refractivity contribution in [3.63, 3.8) is 0 Å². The third-order valence-corrected chi connectivity index (χ3v) is 5.97. The van der Waals surface area contributed by atoms with E-state index in [1.165, 1.54) is 24.8 Å². The Balaban J connectivity index is 1.58. The lowest BCUT2D eigenvalue weighted by Gasteiger charge is -2.20. The van der Waals surface area contributed by atoms with Gasteiger partial charge in [-0.05, 0) is 73.6 Å². The van der Waals surface area contributed by atoms with Gasteiger partial charge in [0.2, 0.25) is 0 Å². The topological polar surface area (TPSA) is 12.0 Å². The van der Waals surface area contributed by atoms with Crippen LogP contribution in [0.1, 0.15) is 30.9 Å². The highest BCUT2D eigenvalue weighted by atomic mass is 35.5. The quantitative estimate of drug-likeness (QED) is 0.870. The highest BCUT2D eigenvalue weighted by Crippen LogP contribution is 2.72. The van der Waals surface area contributed by atoms with E-state index in [2.05, 4.69) is 24.5 Å². The first-order chi connectivity index (χ1) is 8.79. The molecule has 5 atom stereocenters. The van der Waals surface area contributed by atoms with Gasteiger partial charge in [-0.3, -0.25) is 0 Å². The number of benzene rings is 1. The summed E-state index contributed by atoms with van der Waals surface area (Å²) >= 11 is 5.99. The second-order valence-electron chi connectivity index (χ2n) is 6.38. The van der Waals surface area contributed by atoms with Crippen LogP contribution >= 0.6 is 11.6 Å². The summed E-state index contributed by atoms with van der Waals surface area (Å²) in [6.07, 6.45) is 4.53. The summed E-state index contributed by atoms with van der Waals surface area (Å²) in [7, 11) is 2.11. The molecule has 3 aliphatic rings. The second kappa shape index (κ2) is 3.98. The van der Waals surface area contributed by atoms with Gasteiger partial charge >= 0.3 is 0 Å². The maximum absolute atomic E-state index is 5.99. The summed E-state index contributed by atoms with van der Waals surface area (Å²) in [5, 5.41) is 4.39. The Kier molecular flexibility index (Phi) is 2.50. The molecule has 3 saturated carbocycles. The van der Waals surface area contributed by atoms with Crippen molar-refractivity contribution in [1.29, 1.82) is 0 Å². The largest absolute Gasteiger partial charge is 0.313 e. The summed E-state index contributed by atoms with van der Waals surface area (Å²) in [6.45, 7) is 0. The zero-order valence-electron chi connectivity index (χ0n) is 10.8. The Bertz CT molecular complexity index is 439. The van der Waals surface area contributed by atoms with Crippen LogP contribution in [-0.2, 0) is 0 Å². The van der Waals surface area contributed by atoms with E-state index in [1.807, 2.05) is 12.1 Å². The lowest BCUT2D eigenvalue weighted by Crippen LogP contribution is -2.21. The van der Waals surface area contributed by atoms with Gasteiger partial charge in [0.15, 0.2) is 0 Å². The van der Waals surface area contributed by atoms with Gasteiger partial charge in [-0.25, -0.2) is 0 Å². The number of hydrogen-bond acceptors (Lipinski definition) is 1. The van der Waals surface area contributed by atoms with Gasteiger partial charge in [0.1, 0.15) is 0 Å². The van der Waals surface area contributed by atoms with E-state index in [1.54, 1.807) is 0 Å². The summed E-state index contributed by atoms with van der Waals surface area (Å²) in [5.41, 5.74) is 1.42. The SMILES string of the molecule is CNC(c1ccc(Cl)cc1)C1C2C3CCC(C3)C21. The molecule has 96 valence electrons. The number of halogens is 1. The van der Waals surface area contributed by atoms with Crippen molar-refractivity contribution in [2.45, 2.75) is 25.3 Å². The Labute approximate surface area is 114 Å². The van der Waals surface area contributed by atoms with E-state index in [9.17, 15) is 0 Å². The number of nitrogens with one attached hydrogen (secondary N) is 1. The molecule has 0 aliphatic heterocycles. The molecular formula is C16H20ClN. The molecule has 0 heterocycles. The van der Waals surface area contributed by atoms with Crippen molar-refractivity contribution in [3.05, 3.63) is 34.9 Å². The Morgan fingerprint density at radius 1 is 1.11 bits per heavy atom. The lowest BCUT2D eigenvalue weighted by molar-refractivity contribution is 0.385. The minimum Gasteiger partial charge on any atom is -0.313 e. The molecule has 5 unspecified atom stereocenters. The third kappa shape index (κ3) is 1.50. The fraction of sp³-hybridized carbons (Fsp3) is 0.625. The minimum atomic E-state index is 0.542. The zero-order chi connectivity index (χ0) is 12.3. The van der Waals surface area contributed by atoms with Crippen molar-refractivity contribution in [1.82, 2.24) is 5.32 Å². The molecule has 1 N–H and O–H groups in total. The van der Waals surface area contributed by atoms with Gasteiger partial charge in [0.05, 0.1) is 0 Å². The predicted octanol–water partition coefficient (Wildman–Crippen LogP) is 3.89. The van der Waals surface area contributed by atoms with Crippen LogP contribution in [-0.4, -0.2) is 7.05 Å². The van der Waals surface area contributed by atoms with Gasteiger partial charge in [-0.15, -0.1) is 0 Å². The second-order valence-corrected chi connectivity index (χ2v) is 6.82. The van der Waals surface area contributed by atoms with Crippen LogP contribution in [0.5, 0.6) is 0 Å². The van der Waals surface area contributed by atoms with E-state index in [4.69, 9.17) is 11.6 Å². The van der Waals surface area contributed by atoms with Gasteiger partial charge in [0.25, 0.3) is 0 Å². The molecule has 2 heteroatoms. The number of hydrogen-bond donors (Lipinski definition) is 1. The molecule has 2 bridgehead atoms. The van der Waals surface area contributed by atoms with Crippen molar-refractivity contribution in [3.8, 4) is 0 Å². The fourth-order valence-corrected chi connectivity index (χ4v) is 5.22. The molecule has 0 aromatic heterocycles. The Morgan fingerprint density at radius 2 is 1.72 bits per heavy atom. The van der Waals surface area contributed by atoms with Crippen LogP contribution < -0.4 is 5.32 Å². The first-order valence-corrected chi connectivity index (χ1v) is 7.60. The molecule has 3 aliphatic carbocycles. The van der Waals surface area contributed by atoms with Crippen LogP contribution in [0.15, 0.2) is 24.3 Å². The highest BCUT2D eigenvalue weighted by Gasteiger charge is 2.66. The molecule has 3 fully saturated rings. The molecule has 0 radical (unpaired) electrons. The van der Waals surface area contributed by atoms with E-state index in [-0.39, 0.29) is 0 Å². The standard InChI is InChI=1S/C16H20ClN/c1-18-16(9-4-6-12(17)7-5-9)15-13-10-2-3-11(8-10)14(13)15/h4-7,10-11,13-16,18H,2-3,8H2,1H3. The predicted molar refractivity (Wildman–Crippen MR) is 74.6 cm³/mol. The minimum absolute atomic E-state index is 0.542. The maximum Gasteiger partial charge on any atom is 0.0406 e. The molecule has 0 amide bonds. The summed E-state index contributed by atoms with van der Waals surface area (Å²) < 4.78 is 0.